The van der Waals surface area contributed by atoms with Crippen LogP contribution in [0.1, 0.15) is 0 Å². The molecule has 0 aliphatic rings. The standard InChI is InChI=1S/C2H8BN3O2S/c1-9(4,8)6-2(7)5-3/h3H2,1H3,(H3,4,5,6,7,8). The molecule has 0 saturated carbocycles. The summed E-state index contributed by atoms with van der Waals surface area (Å²) in [6.07, 6.45) is 1.18. The number of hydrogen-bond acceptors (Lipinski definition) is 2. The van der Waals surface area contributed by atoms with E-state index in [1.807, 2.05) is 0 Å². The maximum atomic E-state index is 10.5. The van der Waals surface area contributed by atoms with Gasteiger partial charge in [-0.1, -0.05) is 0 Å². The molecule has 0 saturated heterocycles. The van der Waals surface area contributed by atoms with Gasteiger partial charge in [0.05, 0.1) is 0 Å². The highest BCUT2D eigenvalue weighted by atomic mass is 32.2. The molecule has 0 aliphatic carbocycles. The zero-order valence-corrected chi connectivity index (χ0v) is 6.07. The first kappa shape index (κ1) is 8.44. The largest absolute Gasteiger partial charge is 0.386 e. The Morgan fingerprint density at radius 1 is 1.89 bits per heavy atom. The molecule has 0 bridgehead atoms. The molecule has 0 aromatic carbocycles. The zero-order chi connectivity index (χ0) is 7.49. The van der Waals surface area contributed by atoms with Gasteiger partial charge in [0.2, 0.25) is 7.98 Å². The Labute approximate surface area is 54.7 Å². The van der Waals surface area contributed by atoms with Crippen LogP contribution in [0.3, 0.4) is 0 Å². The van der Waals surface area contributed by atoms with Crippen LogP contribution in [-0.4, -0.2) is 24.5 Å². The molecule has 3 N–H and O–H groups in total. The van der Waals surface area contributed by atoms with E-state index in [4.69, 9.17) is 5.14 Å². The molecule has 0 heterocycles. The molecular formula is C2H8BN3O2S. The predicted octanol–water partition coefficient (Wildman–Crippen LogP) is -1.78. The topological polar surface area (TPSA) is 84.6 Å². The number of urea groups is 1. The highest BCUT2D eigenvalue weighted by Gasteiger charge is 1.94. The summed E-state index contributed by atoms with van der Waals surface area (Å²) in [4.78, 5) is 10.3. The summed E-state index contributed by atoms with van der Waals surface area (Å²) in [6, 6.07) is -0.662. The minimum Gasteiger partial charge on any atom is -0.386 e. The van der Waals surface area contributed by atoms with Crippen molar-refractivity contribution in [1.82, 2.24) is 5.23 Å². The van der Waals surface area contributed by atoms with Crippen LogP contribution in [0.25, 0.3) is 0 Å². The first-order valence-electron chi connectivity index (χ1n) is 2.17. The van der Waals surface area contributed by atoms with E-state index in [1.165, 1.54) is 14.2 Å². The van der Waals surface area contributed by atoms with Gasteiger partial charge in [0.15, 0.2) is 0 Å². The van der Waals surface area contributed by atoms with E-state index in [2.05, 4.69) is 9.59 Å². The lowest BCUT2D eigenvalue weighted by Gasteiger charge is -1.92. The van der Waals surface area contributed by atoms with Crippen LogP contribution in [0, 0.1) is 0 Å². The molecule has 52 valence electrons. The molecule has 0 rings (SSSR count). The fraction of sp³-hybridized carbons (Fsp3) is 0.500. The van der Waals surface area contributed by atoms with Gasteiger partial charge >= 0.3 is 6.03 Å². The van der Waals surface area contributed by atoms with Gasteiger partial charge in [-0.3, -0.25) is 0 Å². The SMILES string of the molecule is BNC(=O)N=S(C)(N)=O. The Bertz CT molecular complexity index is 210. The Hall–Kier alpha value is -0.555. The second-order valence-electron chi connectivity index (χ2n) is 1.51. The fourth-order valence-electron chi connectivity index (χ4n) is 0.210. The number of nitrogens with two attached hydrogens (primary N) is 1. The Morgan fingerprint density at radius 3 is 2.44 bits per heavy atom. The second-order valence-corrected chi connectivity index (χ2v) is 3.41. The molecule has 7 heteroatoms. The lowest BCUT2D eigenvalue weighted by Crippen LogP contribution is -2.20. The van der Waals surface area contributed by atoms with Crippen LogP contribution in [0.4, 0.5) is 4.79 Å². The quantitative estimate of drug-likeness (QED) is 0.399. The van der Waals surface area contributed by atoms with E-state index in [1.54, 1.807) is 0 Å². The third-order valence-corrected chi connectivity index (χ3v) is 1.01. The zero-order valence-electron chi connectivity index (χ0n) is 5.25. The normalized spacial score (nSPS) is 15.8. The molecule has 2 amide bonds. The van der Waals surface area contributed by atoms with Crippen molar-refractivity contribution < 1.29 is 9.00 Å². The highest BCUT2D eigenvalue weighted by Crippen LogP contribution is 1.78. The van der Waals surface area contributed by atoms with Crippen LogP contribution in [-0.2, 0) is 9.92 Å². The van der Waals surface area contributed by atoms with Crippen molar-refractivity contribution in [2.45, 2.75) is 0 Å². The summed E-state index contributed by atoms with van der Waals surface area (Å²) in [6.45, 7) is 0. The molecule has 5 nitrogen and oxygen atoms in total. The lowest BCUT2D eigenvalue weighted by atomic mass is 10.4. The van der Waals surface area contributed by atoms with Crippen molar-refractivity contribution in [2.24, 2.45) is 9.50 Å². The third kappa shape index (κ3) is 5.31. The van der Waals surface area contributed by atoms with E-state index in [-0.39, 0.29) is 0 Å². The molecular weight excluding hydrogens is 141 g/mol. The Morgan fingerprint density at radius 2 is 2.33 bits per heavy atom. The molecule has 1 atom stereocenters. The van der Waals surface area contributed by atoms with Crippen LogP contribution in [0.5, 0.6) is 0 Å². The maximum Gasteiger partial charge on any atom is 0.337 e. The van der Waals surface area contributed by atoms with Gasteiger partial charge in [0.1, 0.15) is 9.92 Å². The first-order valence-corrected chi connectivity index (χ1v) is 4.16. The van der Waals surface area contributed by atoms with Gasteiger partial charge in [0.25, 0.3) is 0 Å². The lowest BCUT2D eigenvalue weighted by molar-refractivity contribution is 0.254. The number of carbonyl (C=O) groups excluding carboxylic acids is 1. The summed E-state index contributed by atoms with van der Waals surface area (Å²) in [7, 11) is -1.39. The second kappa shape index (κ2) is 2.83. The van der Waals surface area contributed by atoms with Crippen LogP contribution in [0.2, 0.25) is 0 Å². The van der Waals surface area contributed by atoms with E-state index in [0.717, 1.165) is 0 Å². The molecule has 0 radical (unpaired) electrons. The molecule has 0 fully saturated rings. The van der Waals surface area contributed by atoms with Crippen LogP contribution < -0.4 is 10.4 Å². The number of nitrogens with one attached hydrogen (secondary N) is 1. The fourth-order valence-corrected chi connectivity index (χ4v) is 0.631. The highest BCUT2D eigenvalue weighted by molar-refractivity contribution is 7.91. The van der Waals surface area contributed by atoms with Crippen LogP contribution in [0.15, 0.2) is 4.36 Å². The van der Waals surface area contributed by atoms with E-state index >= 15 is 0 Å². The summed E-state index contributed by atoms with van der Waals surface area (Å²) in [5.41, 5.74) is 0. The number of hydrogen-bond donors (Lipinski definition) is 2. The monoisotopic (exact) mass is 149 g/mol. The Balaban J connectivity index is 4.33. The molecule has 1 unspecified atom stereocenters. The number of rotatable bonds is 0. The summed E-state index contributed by atoms with van der Waals surface area (Å²) in [5, 5.41) is 7.07. The predicted molar refractivity (Wildman–Crippen MR) is 37.8 cm³/mol. The van der Waals surface area contributed by atoms with Crippen molar-refractivity contribution in [2.75, 3.05) is 6.26 Å². The van der Waals surface area contributed by atoms with Gasteiger partial charge in [0, 0.05) is 6.26 Å². The number of amides is 2. The van der Waals surface area contributed by atoms with Crippen molar-refractivity contribution in [3.05, 3.63) is 0 Å². The molecule has 9 heavy (non-hydrogen) atoms. The average molecular weight is 149 g/mol. The van der Waals surface area contributed by atoms with Crippen molar-refractivity contribution in [3.63, 3.8) is 0 Å². The summed E-state index contributed by atoms with van der Waals surface area (Å²) in [5.74, 6) is 0. The smallest absolute Gasteiger partial charge is 0.337 e. The number of carbonyl (C=O) groups is 1. The van der Waals surface area contributed by atoms with Gasteiger partial charge < -0.3 is 5.23 Å². The summed E-state index contributed by atoms with van der Waals surface area (Å²) >= 11 is 0. The first-order chi connectivity index (χ1) is 3.95. The van der Waals surface area contributed by atoms with E-state index in [0.29, 0.717) is 0 Å². The van der Waals surface area contributed by atoms with Crippen molar-refractivity contribution >= 4 is 23.9 Å². The molecule has 0 spiro atoms. The molecule has 0 aromatic rings. The molecule has 0 aromatic heterocycles. The van der Waals surface area contributed by atoms with E-state index in [9.17, 15) is 9.00 Å². The average Bonchev–Trinajstić information content (AvgIpc) is 1.62. The van der Waals surface area contributed by atoms with Crippen molar-refractivity contribution in [1.29, 1.82) is 0 Å². The van der Waals surface area contributed by atoms with Gasteiger partial charge in [-0.25, -0.2) is 14.1 Å². The summed E-state index contributed by atoms with van der Waals surface area (Å²) < 4.78 is 13.6. The minimum absolute atomic E-state index is 0.662. The van der Waals surface area contributed by atoms with Gasteiger partial charge in [-0.05, 0) is 0 Å². The minimum atomic E-state index is -2.77. The number of nitrogens with zero attached hydrogens (tertiary/aromatic N) is 1. The third-order valence-electron chi connectivity index (χ3n) is 0.478. The maximum absolute atomic E-state index is 10.5. The Kier molecular flexibility index (Phi) is 2.66. The van der Waals surface area contributed by atoms with Crippen molar-refractivity contribution in [3.8, 4) is 0 Å². The molecule has 0 aliphatic heterocycles. The van der Waals surface area contributed by atoms with E-state index < -0.39 is 15.9 Å². The van der Waals surface area contributed by atoms with Gasteiger partial charge in [-0.15, -0.1) is 4.36 Å². The van der Waals surface area contributed by atoms with Crippen LogP contribution >= 0.6 is 0 Å². The van der Waals surface area contributed by atoms with Gasteiger partial charge in [-0.2, -0.15) is 0 Å².